The molecule has 1 amide bonds. The third kappa shape index (κ3) is 5.76. The van der Waals surface area contributed by atoms with E-state index in [1.165, 1.54) is 11.3 Å². The maximum absolute atomic E-state index is 12.0. The van der Waals surface area contributed by atoms with Crippen molar-refractivity contribution in [3.05, 3.63) is 45.1 Å². The zero-order valence-corrected chi connectivity index (χ0v) is 15.7. The fourth-order valence-electron chi connectivity index (χ4n) is 2.20. The minimum Gasteiger partial charge on any atom is -0.493 e. The molecule has 25 heavy (non-hydrogen) atoms. The van der Waals surface area contributed by atoms with Crippen molar-refractivity contribution in [1.29, 1.82) is 0 Å². The van der Waals surface area contributed by atoms with Crippen LogP contribution in [0.25, 0.3) is 0 Å². The first-order valence-corrected chi connectivity index (χ1v) is 9.08. The number of nitrogens with one attached hydrogen (secondary N) is 1. The molecule has 1 aromatic carbocycles. The van der Waals surface area contributed by atoms with Gasteiger partial charge in [-0.2, -0.15) is 0 Å². The summed E-state index contributed by atoms with van der Waals surface area (Å²) in [6, 6.07) is 8.86. The van der Waals surface area contributed by atoms with Gasteiger partial charge in [-0.05, 0) is 36.8 Å². The van der Waals surface area contributed by atoms with Gasteiger partial charge in [0, 0.05) is 19.4 Å². The van der Waals surface area contributed by atoms with Gasteiger partial charge in [-0.15, -0.1) is 11.3 Å². The summed E-state index contributed by atoms with van der Waals surface area (Å²) >= 11 is 7.03. The van der Waals surface area contributed by atoms with Gasteiger partial charge in [-0.25, -0.2) is 0 Å². The Morgan fingerprint density at radius 2 is 1.96 bits per heavy atom. The van der Waals surface area contributed by atoms with E-state index in [-0.39, 0.29) is 24.5 Å². The number of hydrogen-bond donors (Lipinski definition) is 1. The number of benzene rings is 1. The lowest BCUT2D eigenvalue weighted by molar-refractivity contribution is -0.121. The molecular formula is C18H20ClNO4S. The van der Waals surface area contributed by atoms with Gasteiger partial charge in [0.05, 0.1) is 22.9 Å². The number of ether oxygens (including phenoxy) is 2. The van der Waals surface area contributed by atoms with Gasteiger partial charge < -0.3 is 14.8 Å². The van der Waals surface area contributed by atoms with Crippen molar-refractivity contribution in [2.75, 3.05) is 13.7 Å². The van der Waals surface area contributed by atoms with Crippen molar-refractivity contribution in [2.45, 2.75) is 26.3 Å². The smallest absolute Gasteiger partial charge is 0.220 e. The molecule has 1 aromatic heterocycles. The molecule has 0 aliphatic carbocycles. The molecule has 5 nitrogen and oxygen atoms in total. The molecule has 0 spiro atoms. The van der Waals surface area contributed by atoms with Crippen LogP contribution < -0.4 is 14.8 Å². The van der Waals surface area contributed by atoms with E-state index in [1.54, 1.807) is 19.2 Å². The Morgan fingerprint density at radius 3 is 2.60 bits per heavy atom. The van der Waals surface area contributed by atoms with Gasteiger partial charge in [-0.1, -0.05) is 17.7 Å². The van der Waals surface area contributed by atoms with Crippen LogP contribution in [0, 0.1) is 0 Å². The Hall–Kier alpha value is -2.05. The van der Waals surface area contributed by atoms with Gasteiger partial charge in [0.15, 0.2) is 17.3 Å². The quantitative estimate of drug-likeness (QED) is 0.664. The van der Waals surface area contributed by atoms with Crippen LogP contribution in [0.5, 0.6) is 11.5 Å². The molecule has 0 fully saturated rings. The maximum atomic E-state index is 12.0. The van der Waals surface area contributed by atoms with Crippen molar-refractivity contribution >= 4 is 34.6 Å². The third-order valence-electron chi connectivity index (χ3n) is 3.44. The topological polar surface area (TPSA) is 64.6 Å². The molecule has 0 radical (unpaired) electrons. The van der Waals surface area contributed by atoms with Gasteiger partial charge in [0.1, 0.15) is 0 Å². The number of Topliss-reactive ketones (excluding diaryl/α,β-unsaturated/α-hetero) is 1. The Kier molecular flexibility index (Phi) is 7.28. The summed E-state index contributed by atoms with van der Waals surface area (Å²) in [4.78, 5) is 24.5. The molecule has 1 heterocycles. The highest BCUT2D eigenvalue weighted by Gasteiger charge is 2.12. The Labute approximate surface area is 155 Å². The molecular weight excluding hydrogens is 362 g/mol. The highest BCUT2D eigenvalue weighted by Crippen LogP contribution is 2.28. The van der Waals surface area contributed by atoms with Crippen molar-refractivity contribution in [3.63, 3.8) is 0 Å². The minimum atomic E-state index is -0.177. The summed E-state index contributed by atoms with van der Waals surface area (Å²) < 4.78 is 11.3. The van der Waals surface area contributed by atoms with Crippen LogP contribution in [0.15, 0.2) is 30.3 Å². The second-order valence-electron chi connectivity index (χ2n) is 5.22. The Balaban J connectivity index is 1.82. The van der Waals surface area contributed by atoms with E-state index in [0.29, 0.717) is 33.9 Å². The van der Waals surface area contributed by atoms with E-state index in [2.05, 4.69) is 5.32 Å². The van der Waals surface area contributed by atoms with Gasteiger partial charge in [0.2, 0.25) is 5.91 Å². The normalized spacial score (nSPS) is 10.4. The number of amides is 1. The number of methoxy groups -OCH3 is 1. The first kappa shape index (κ1) is 19.3. The standard InChI is InChI=1S/C18H20ClNO4S/c1-3-24-14-6-4-12(10-15(14)23-2)11-20-18(22)9-5-13(21)16-7-8-17(19)25-16/h4,6-8,10H,3,5,9,11H2,1-2H3,(H,20,22). The van der Waals surface area contributed by atoms with E-state index in [1.807, 2.05) is 25.1 Å². The summed E-state index contributed by atoms with van der Waals surface area (Å²) in [7, 11) is 1.57. The molecule has 134 valence electrons. The Morgan fingerprint density at radius 1 is 1.16 bits per heavy atom. The molecule has 0 aliphatic heterocycles. The average molecular weight is 382 g/mol. The van der Waals surface area contributed by atoms with E-state index >= 15 is 0 Å². The zero-order valence-electron chi connectivity index (χ0n) is 14.1. The highest BCUT2D eigenvalue weighted by atomic mass is 35.5. The second-order valence-corrected chi connectivity index (χ2v) is 6.94. The molecule has 2 rings (SSSR count). The van der Waals surface area contributed by atoms with Crippen LogP contribution in [-0.4, -0.2) is 25.4 Å². The second kappa shape index (κ2) is 9.44. The Bertz CT molecular complexity index is 744. The number of carbonyl (C=O) groups excluding carboxylic acids is 2. The summed E-state index contributed by atoms with van der Waals surface area (Å²) in [5.41, 5.74) is 0.894. The summed E-state index contributed by atoms with van der Waals surface area (Å²) in [6.07, 6.45) is 0.303. The lowest BCUT2D eigenvalue weighted by Gasteiger charge is -2.11. The molecule has 0 bridgehead atoms. The van der Waals surface area contributed by atoms with Crippen LogP contribution in [-0.2, 0) is 11.3 Å². The van der Waals surface area contributed by atoms with Crippen LogP contribution in [0.1, 0.15) is 35.0 Å². The number of carbonyl (C=O) groups is 2. The number of rotatable bonds is 9. The fourth-order valence-corrected chi connectivity index (χ4v) is 3.21. The van der Waals surface area contributed by atoms with Crippen molar-refractivity contribution in [3.8, 4) is 11.5 Å². The summed E-state index contributed by atoms with van der Waals surface area (Å²) in [6.45, 7) is 2.82. The highest BCUT2D eigenvalue weighted by molar-refractivity contribution is 7.18. The third-order valence-corrected chi connectivity index (χ3v) is 4.72. The number of ketones is 1. The zero-order chi connectivity index (χ0) is 18.2. The van der Waals surface area contributed by atoms with Crippen LogP contribution >= 0.6 is 22.9 Å². The molecule has 2 aromatic rings. The molecule has 0 saturated carbocycles. The average Bonchev–Trinajstić information content (AvgIpc) is 3.05. The van der Waals surface area contributed by atoms with Crippen molar-refractivity contribution in [1.82, 2.24) is 5.32 Å². The van der Waals surface area contributed by atoms with Crippen LogP contribution in [0.2, 0.25) is 4.34 Å². The fraction of sp³-hybridized carbons (Fsp3) is 0.333. The van der Waals surface area contributed by atoms with Crippen molar-refractivity contribution in [2.24, 2.45) is 0 Å². The van der Waals surface area contributed by atoms with E-state index in [9.17, 15) is 9.59 Å². The number of thiophene rings is 1. The lowest BCUT2D eigenvalue weighted by Crippen LogP contribution is -2.23. The van der Waals surface area contributed by atoms with Crippen LogP contribution in [0.3, 0.4) is 0 Å². The molecule has 1 N–H and O–H groups in total. The predicted octanol–water partition coefficient (Wildman–Crippen LogP) is 4.09. The maximum Gasteiger partial charge on any atom is 0.220 e. The summed E-state index contributed by atoms with van der Waals surface area (Å²) in [5.74, 6) is 1.04. The van der Waals surface area contributed by atoms with Crippen LogP contribution in [0.4, 0.5) is 0 Å². The SMILES string of the molecule is CCOc1ccc(CNC(=O)CCC(=O)c2ccc(Cl)s2)cc1OC. The number of hydrogen-bond acceptors (Lipinski definition) is 5. The molecule has 7 heteroatoms. The lowest BCUT2D eigenvalue weighted by atomic mass is 10.1. The monoisotopic (exact) mass is 381 g/mol. The van der Waals surface area contributed by atoms with Gasteiger partial charge >= 0.3 is 0 Å². The van der Waals surface area contributed by atoms with Gasteiger partial charge in [-0.3, -0.25) is 9.59 Å². The first-order chi connectivity index (χ1) is 12.0. The minimum absolute atomic E-state index is 0.0743. The first-order valence-electron chi connectivity index (χ1n) is 7.88. The molecule has 0 saturated heterocycles. The molecule has 0 atom stereocenters. The largest absolute Gasteiger partial charge is 0.493 e. The number of halogens is 1. The van der Waals surface area contributed by atoms with E-state index in [4.69, 9.17) is 21.1 Å². The van der Waals surface area contributed by atoms with E-state index in [0.717, 1.165) is 5.56 Å². The summed E-state index contributed by atoms with van der Waals surface area (Å²) in [5, 5.41) is 2.80. The predicted molar refractivity (Wildman–Crippen MR) is 98.9 cm³/mol. The van der Waals surface area contributed by atoms with Gasteiger partial charge in [0.25, 0.3) is 0 Å². The molecule has 0 unspecified atom stereocenters. The molecule has 0 aliphatic rings. The van der Waals surface area contributed by atoms with E-state index < -0.39 is 0 Å². The van der Waals surface area contributed by atoms with Crippen molar-refractivity contribution < 1.29 is 19.1 Å².